The van der Waals surface area contributed by atoms with Gasteiger partial charge in [-0.25, -0.2) is 9.37 Å². The summed E-state index contributed by atoms with van der Waals surface area (Å²) in [6.45, 7) is 4.83. The van der Waals surface area contributed by atoms with E-state index in [1.807, 2.05) is 18.2 Å². The van der Waals surface area contributed by atoms with Gasteiger partial charge in [0, 0.05) is 35.8 Å². The van der Waals surface area contributed by atoms with Crippen LogP contribution in [0.5, 0.6) is 0 Å². The third-order valence-electron chi connectivity index (χ3n) is 5.15. The van der Waals surface area contributed by atoms with Crippen molar-refractivity contribution in [1.82, 2.24) is 9.55 Å². The second-order valence-electron chi connectivity index (χ2n) is 7.56. The predicted molar refractivity (Wildman–Crippen MR) is 129 cm³/mol. The number of nitrogens with one attached hydrogen (secondary N) is 1. The van der Waals surface area contributed by atoms with Gasteiger partial charge in [0.1, 0.15) is 5.82 Å². The molecule has 0 bridgehead atoms. The number of ether oxygens (including phenoxy) is 1. The molecule has 4 rings (SSSR count). The number of thioether (sulfide) groups is 1. The number of anilines is 1. The number of rotatable bonds is 7. The average molecular weight is 466 g/mol. The van der Waals surface area contributed by atoms with E-state index in [1.54, 1.807) is 35.2 Å². The molecule has 170 valence electrons. The molecule has 1 fully saturated rings. The van der Waals surface area contributed by atoms with E-state index in [1.165, 1.54) is 17.8 Å². The first-order valence-electron chi connectivity index (χ1n) is 10.4. The zero-order chi connectivity index (χ0) is 23.2. The number of aliphatic hydroxyl groups excluding tert-OH is 2. The molecule has 6 nitrogen and oxygen atoms in total. The van der Waals surface area contributed by atoms with Crippen molar-refractivity contribution < 1.29 is 19.3 Å². The summed E-state index contributed by atoms with van der Waals surface area (Å²) in [6, 6.07) is 12.6. The lowest BCUT2D eigenvalue weighted by Gasteiger charge is -2.13. The molecule has 3 N–H and O–H groups in total. The van der Waals surface area contributed by atoms with Crippen LogP contribution in [0.15, 0.2) is 61.4 Å². The standard InChI is InChI=1S/C25H24FN3O3S/c1-17(30)25-27-11-12-29(25)16-33-24(31)9-4-18-2-5-19(6-3-18)22-8-7-20(14-23(22)26)28-21-10-13-32-15-21/h2-3,5-8,11-12,14,21,24,28,30-31H,1,10,13,15-16H2/t21-,24?/m1/s1. The highest BCUT2D eigenvalue weighted by Crippen LogP contribution is 2.26. The highest BCUT2D eigenvalue weighted by Gasteiger charge is 2.16. The molecule has 1 saturated heterocycles. The van der Waals surface area contributed by atoms with E-state index in [0.29, 0.717) is 29.4 Å². The van der Waals surface area contributed by atoms with Crippen LogP contribution in [0.4, 0.5) is 10.1 Å². The van der Waals surface area contributed by atoms with Crippen molar-refractivity contribution in [2.24, 2.45) is 0 Å². The second kappa shape index (κ2) is 10.6. The molecule has 1 aliphatic rings. The van der Waals surface area contributed by atoms with Gasteiger partial charge in [0.25, 0.3) is 0 Å². The van der Waals surface area contributed by atoms with Crippen LogP contribution in [-0.2, 0) is 10.6 Å². The SMILES string of the molecule is C=C(O)c1nccn1CSC(O)C#Cc1ccc(-c2ccc(N[C@@H]3CCOC3)cc2F)cc1. The van der Waals surface area contributed by atoms with E-state index in [-0.39, 0.29) is 17.6 Å². The van der Waals surface area contributed by atoms with Crippen LogP contribution in [0.1, 0.15) is 17.8 Å². The highest BCUT2D eigenvalue weighted by molar-refractivity contribution is 7.99. The van der Waals surface area contributed by atoms with Gasteiger partial charge in [-0.05, 0) is 42.3 Å². The Morgan fingerprint density at radius 2 is 2.15 bits per heavy atom. The number of nitrogens with zero attached hydrogens (tertiary/aromatic N) is 2. The molecule has 33 heavy (non-hydrogen) atoms. The number of benzene rings is 2. The first-order chi connectivity index (χ1) is 16.0. The van der Waals surface area contributed by atoms with Crippen molar-refractivity contribution in [3.8, 4) is 23.0 Å². The zero-order valence-electron chi connectivity index (χ0n) is 17.9. The monoisotopic (exact) mass is 465 g/mol. The molecular weight excluding hydrogens is 441 g/mol. The highest BCUT2D eigenvalue weighted by atomic mass is 32.2. The van der Waals surface area contributed by atoms with Crippen molar-refractivity contribution in [1.29, 1.82) is 0 Å². The maximum Gasteiger partial charge on any atom is 0.175 e. The van der Waals surface area contributed by atoms with Crippen LogP contribution in [0.3, 0.4) is 0 Å². The largest absolute Gasteiger partial charge is 0.505 e. The molecule has 8 heteroatoms. The van der Waals surface area contributed by atoms with Gasteiger partial charge in [-0.1, -0.05) is 42.3 Å². The van der Waals surface area contributed by atoms with Crippen LogP contribution in [0.25, 0.3) is 16.9 Å². The fourth-order valence-electron chi connectivity index (χ4n) is 3.47. The summed E-state index contributed by atoms with van der Waals surface area (Å²) in [5, 5.41) is 22.9. The van der Waals surface area contributed by atoms with Crippen LogP contribution in [-0.4, -0.2) is 44.5 Å². The maximum atomic E-state index is 14.7. The molecule has 0 aliphatic carbocycles. The lowest BCUT2D eigenvalue weighted by Crippen LogP contribution is -2.18. The van der Waals surface area contributed by atoms with E-state index in [9.17, 15) is 14.6 Å². The molecule has 3 aromatic rings. The number of aliphatic hydroxyl groups is 2. The van der Waals surface area contributed by atoms with Gasteiger partial charge in [0.15, 0.2) is 17.0 Å². The van der Waals surface area contributed by atoms with Gasteiger partial charge in [-0.3, -0.25) is 0 Å². The molecular formula is C25H24FN3O3S. The fraction of sp³-hybridized carbons (Fsp3) is 0.240. The number of hydrogen-bond donors (Lipinski definition) is 3. The van der Waals surface area contributed by atoms with E-state index in [0.717, 1.165) is 24.3 Å². The van der Waals surface area contributed by atoms with Crippen molar-refractivity contribution in [3.63, 3.8) is 0 Å². The Bertz CT molecular complexity index is 1180. The molecule has 1 aliphatic heterocycles. The normalized spacial score (nSPS) is 16.1. The first-order valence-corrected chi connectivity index (χ1v) is 11.5. The molecule has 0 amide bonds. The first kappa shape index (κ1) is 22.9. The molecule has 2 aromatic carbocycles. The van der Waals surface area contributed by atoms with Crippen LogP contribution in [0.2, 0.25) is 0 Å². The second-order valence-corrected chi connectivity index (χ2v) is 8.60. The summed E-state index contributed by atoms with van der Waals surface area (Å²) in [4.78, 5) is 4.00. The number of halogens is 1. The number of hydrogen-bond acceptors (Lipinski definition) is 6. The third-order valence-corrected chi connectivity index (χ3v) is 6.01. The minimum atomic E-state index is -0.922. The molecule has 0 saturated carbocycles. The van der Waals surface area contributed by atoms with Crippen molar-refractivity contribution in [2.75, 3.05) is 18.5 Å². The lowest BCUT2D eigenvalue weighted by atomic mass is 10.0. The van der Waals surface area contributed by atoms with Crippen molar-refractivity contribution in [2.45, 2.75) is 23.8 Å². The van der Waals surface area contributed by atoms with Gasteiger partial charge >= 0.3 is 0 Å². The smallest absolute Gasteiger partial charge is 0.175 e. The number of imidazole rings is 1. The van der Waals surface area contributed by atoms with E-state index >= 15 is 0 Å². The van der Waals surface area contributed by atoms with Gasteiger partial charge in [-0.2, -0.15) is 0 Å². The predicted octanol–water partition coefficient (Wildman–Crippen LogP) is 4.48. The summed E-state index contributed by atoms with van der Waals surface area (Å²) in [6.07, 6.45) is 4.16. The minimum absolute atomic E-state index is 0.132. The maximum absolute atomic E-state index is 14.7. The average Bonchev–Trinajstić information content (AvgIpc) is 3.49. The van der Waals surface area contributed by atoms with Crippen LogP contribution < -0.4 is 5.32 Å². The summed E-state index contributed by atoms with van der Waals surface area (Å²) in [5.41, 5.74) is 1.80. The van der Waals surface area contributed by atoms with Crippen molar-refractivity contribution >= 4 is 23.2 Å². The Labute approximate surface area is 196 Å². The quantitative estimate of drug-likeness (QED) is 0.271. The van der Waals surface area contributed by atoms with E-state index in [2.05, 4.69) is 28.7 Å². The molecule has 0 radical (unpaired) electrons. The summed E-state index contributed by atoms with van der Waals surface area (Å²) >= 11 is 1.19. The Morgan fingerprint density at radius 3 is 2.85 bits per heavy atom. The summed E-state index contributed by atoms with van der Waals surface area (Å²) in [7, 11) is 0. The van der Waals surface area contributed by atoms with Gasteiger partial charge in [0.05, 0.1) is 18.5 Å². The lowest BCUT2D eigenvalue weighted by molar-refractivity contribution is 0.195. The summed E-state index contributed by atoms with van der Waals surface area (Å²) in [5.74, 6) is 5.99. The topological polar surface area (TPSA) is 79.5 Å². The van der Waals surface area contributed by atoms with Gasteiger partial charge < -0.3 is 24.8 Å². The fourth-order valence-corrected chi connectivity index (χ4v) is 4.12. The molecule has 2 heterocycles. The van der Waals surface area contributed by atoms with Gasteiger partial charge in [-0.15, -0.1) is 0 Å². The van der Waals surface area contributed by atoms with Crippen LogP contribution >= 0.6 is 11.8 Å². The Hall–Kier alpha value is -3.25. The Balaban J connectivity index is 1.36. The Morgan fingerprint density at radius 1 is 1.33 bits per heavy atom. The summed E-state index contributed by atoms with van der Waals surface area (Å²) < 4.78 is 21.7. The number of aromatic nitrogens is 2. The molecule has 2 atom stereocenters. The third kappa shape index (κ3) is 5.96. The van der Waals surface area contributed by atoms with E-state index < -0.39 is 5.44 Å². The minimum Gasteiger partial charge on any atom is -0.505 e. The molecule has 0 spiro atoms. The Kier molecular flexibility index (Phi) is 7.35. The molecule has 1 unspecified atom stereocenters. The van der Waals surface area contributed by atoms with Gasteiger partial charge in [0.2, 0.25) is 0 Å². The van der Waals surface area contributed by atoms with E-state index in [4.69, 9.17) is 4.74 Å². The van der Waals surface area contributed by atoms with Crippen LogP contribution in [0, 0.1) is 17.7 Å². The zero-order valence-corrected chi connectivity index (χ0v) is 18.7. The van der Waals surface area contributed by atoms with Crippen molar-refractivity contribution in [3.05, 3.63) is 78.6 Å². The molecule has 1 aromatic heterocycles.